The van der Waals surface area contributed by atoms with E-state index in [2.05, 4.69) is 0 Å². The molecule has 20 heavy (non-hydrogen) atoms. The summed E-state index contributed by atoms with van der Waals surface area (Å²) in [6, 6.07) is -0.0846. The van der Waals surface area contributed by atoms with Crippen LogP contribution in [0.15, 0.2) is 0 Å². The number of likely N-dealkylation sites (tertiary alicyclic amines) is 1. The Morgan fingerprint density at radius 1 is 1.25 bits per heavy atom. The molecule has 1 aliphatic heterocycles. The second kappa shape index (κ2) is 5.95. The van der Waals surface area contributed by atoms with Gasteiger partial charge >= 0.3 is 6.18 Å². The van der Waals surface area contributed by atoms with Gasteiger partial charge in [0.25, 0.3) is 0 Å². The van der Waals surface area contributed by atoms with E-state index >= 15 is 0 Å². The monoisotopic (exact) mass is 309 g/mol. The van der Waals surface area contributed by atoms with Gasteiger partial charge in [0.05, 0.1) is 5.92 Å². The van der Waals surface area contributed by atoms with Gasteiger partial charge in [0.2, 0.25) is 5.91 Å². The van der Waals surface area contributed by atoms with Crippen LogP contribution >= 0.6 is 11.8 Å². The lowest BCUT2D eigenvalue weighted by molar-refractivity contribution is -0.184. The number of hydrogen-bond donors (Lipinski definition) is 0. The van der Waals surface area contributed by atoms with E-state index < -0.39 is 12.1 Å². The molecular formula is C13H18F3NO2S. The maximum Gasteiger partial charge on any atom is 0.391 e. The minimum Gasteiger partial charge on any atom is -0.339 e. The Balaban J connectivity index is 1.88. The molecule has 0 radical (unpaired) electrons. The van der Waals surface area contributed by atoms with Crippen molar-refractivity contribution in [1.82, 2.24) is 4.90 Å². The van der Waals surface area contributed by atoms with E-state index in [1.54, 1.807) is 4.90 Å². The average molecular weight is 309 g/mol. The highest BCUT2D eigenvalue weighted by Gasteiger charge is 2.44. The number of nitrogens with zero attached hydrogens (tertiary/aromatic N) is 1. The molecule has 0 bridgehead atoms. The standard InChI is InChI=1S/C13H18F3NO2S/c1-8(18)20-11-6-12(19)17(7-11)10-4-2-9(3-5-10)13(14,15)16/h9-11H,2-7H2,1H3. The van der Waals surface area contributed by atoms with E-state index in [1.807, 2.05) is 0 Å². The van der Waals surface area contributed by atoms with E-state index in [0.717, 1.165) is 11.8 Å². The zero-order valence-corrected chi connectivity index (χ0v) is 12.1. The summed E-state index contributed by atoms with van der Waals surface area (Å²) in [6.07, 6.45) is -2.78. The van der Waals surface area contributed by atoms with Crippen LogP contribution in [0.3, 0.4) is 0 Å². The summed E-state index contributed by atoms with van der Waals surface area (Å²) in [5.41, 5.74) is 0. The van der Waals surface area contributed by atoms with Gasteiger partial charge in [-0.05, 0) is 25.7 Å². The lowest BCUT2D eigenvalue weighted by Crippen LogP contribution is -2.41. The van der Waals surface area contributed by atoms with Crippen LogP contribution in [0.4, 0.5) is 13.2 Å². The van der Waals surface area contributed by atoms with E-state index in [4.69, 9.17) is 0 Å². The van der Waals surface area contributed by atoms with Gasteiger partial charge in [-0.2, -0.15) is 13.2 Å². The lowest BCUT2D eigenvalue weighted by Gasteiger charge is -2.35. The molecule has 1 atom stereocenters. The Morgan fingerprint density at radius 3 is 2.35 bits per heavy atom. The molecule has 114 valence electrons. The number of thioether (sulfide) groups is 1. The predicted octanol–water partition coefficient (Wildman–Crippen LogP) is 2.99. The molecule has 1 unspecified atom stereocenters. The molecule has 3 nitrogen and oxygen atoms in total. The summed E-state index contributed by atoms with van der Waals surface area (Å²) in [4.78, 5) is 24.7. The van der Waals surface area contributed by atoms with Gasteiger partial charge in [-0.25, -0.2) is 0 Å². The Bertz CT molecular complexity index is 392. The van der Waals surface area contributed by atoms with Crippen molar-refractivity contribution < 1.29 is 22.8 Å². The van der Waals surface area contributed by atoms with E-state index in [9.17, 15) is 22.8 Å². The fraction of sp³-hybridized carbons (Fsp3) is 0.846. The normalized spacial score (nSPS) is 31.7. The predicted molar refractivity (Wildman–Crippen MR) is 70.2 cm³/mol. The number of hydrogen-bond acceptors (Lipinski definition) is 3. The topological polar surface area (TPSA) is 37.4 Å². The number of carbonyl (C=O) groups excluding carboxylic acids is 2. The molecule has 1 saturated carbocycles. The Labute approximate surface area is 120 Å². The summed E-state index contributed by atoms with van der Waals surface area (Å²) < 4.78 is 37.8. The van der Waals surface area contributed by atoms with Crippen molar-refractivity contribution in [3.63, 3.8) is 0 Å². The first-order valence-corrected chi connectivity index (χ1v) is 7.68. The summed E-state index contributed by atoms with van der Waals surface area (Å²) in [5.74, 6) is -1.25. The van der Waals surface area contributed by atoms with Crippen molar-refractivity contribution >= 4 is 22.8 Å². The van der Waals surface area contributed by atoms with Gasteiger partial charge in [0, 0.05) is 31.2 Å². The van der Waals surface area contributed by atoms with Gasteiger partial charge in [-0.15, -0.1) is 0 Å². The lowest BCUT2D eigenvalue weighted by atomic mass is 9.85. The van der Waals surface area contributed by atoms with Crippen molar-refractivity contribution in [2.45, 2.75) is 56.5 Å². The molecule has 1 aliphatic carbocycles. The number of carbonyl (C=O) groups is 2. The molecule has 2 fully saturated rings. The Hall–Kier alpha value is -0.720. The molecule has 2 rings (SSSR count). The van der Waals surface area contributed by atoms with Crippen molar-refractivity contribution in [3.05, 3.63) is 0 Å². The van der Waals surface area contributed by atoms with Crippen LogP contribution in [0.25, 0.3) is 0 Å². The molecule has 7 heteroatoms. The zero-order valence-electron chi connectivity index (χ0n) is 11.3. The smallest absolute Gasteiger partial charge is 0.339 e. The van der Waals surface area contributed by atoms with Gasteiger partial charge in [0.15, 0.2) is 5.12 Å². The summed E-state index contributed by atoms with van der Waals surface area (Å²) in [6.45, 7) is 1.96. The first-order chi connectivity index (χ1) is 9.27. The molecule has 0 aromatic rings. The fourth-order valence-electron chi connectivity index (χ4n) is 3.08. The summed E-state index contributed by atoms with van der Waals surface area (Å²) >= 11 is 1.16. The molecule has 1 saturated heterocycles. The molecule has 0 spiro atoms. The quantitative estimate of drug-likeness (QED) is 0.787. The SMILES string of the molecule is CC(=O)SC1CC(=O)N(C2CCC(C(F)(F)F)CC2)C1. The van der Waals surface area contributed by atoms with E-state index in [1.165, 1.54) is 6.92 Å². The number of alkyl halides is 3. The highest BCUT2D eigenvalue weighted by molar-refractivity contribution is 8.14. The third-order valence-electron chi connectivity index (χ3n) is 4.06. The first-order valence-electron chi connectivity index (χ1n) is 6.80. The van der Waals surface area contributed by atoms with Gasteiger partial charge in [-0.3, -0.25) is 9.59 Å². The largest absolute Gasteiger partial charge is 0.391 e. The van der Waals surface area contributed by atoms with Crippen molar-refractivity contribution in [1.29, 1.82) is 0 Å². The minimum absolute atomic E-state index is 0.0228. The zero-order chi connectivity index (χ0) is 14.9. The van der Waals surface area contributed by atoms with Crippen molar-refractivity contribution in [2.24, 2.45) is 5.92 Å². The van der Waals surface area contributed by atoms with Crippen LogP contribution in [0, 0.1) is 5.92 Å². The van der Waals surface area contributed by atoms with Crippen LogP contribution in [0.1, 0.15) is 39.0 Å². The van der Waals surface area contributed by atoms with Crippen LogP contribution in [0.2, 0.25) is 0 Å². The number of rotatable bonds is 2. The third kappa shape index (κ3) is 3.68. The molecule has 2 aliphatic rings. The maximum atomic E-state index is 12.6. The second-order valence-electron chi connectivity index (χ2n) is 5.53. The minimum atomic E-state index is -4.12. The third-order valence-corrected chi connectivity index (χ3v) is 5.04. The Morgan fingerprint density at radius 2 is 1.85 bits per heavy atom. The van der Waals surface area contributed by atoms with Gasteiger partial charge in [0.1, 0.15) is 0 Å². The second-order valence-corrected chi connectivity index (χ2v) is 7.01. The molecule has 1 amide bonds. The van der Waals surface area contributed by atoms with E-state index in [-0.39, 0.29) is 35.2 Å². The van der Waals surface area contributed by atoms with Gasteiger partial charge < -0.3 is 4.90 Å². The summed E-state index contributed by atoms with van der Waals surface area (Å²) in [7, 11) is 0. The van der Waals surface area contributed by atoms with E-state index in [0.29, 0.717) is 25.8 Å². The molecule has 0 aromatic heterocycles. The fourth-order valence-corrected chi connectivity index (χ4v) is 4.01. The van der Waals surface area contributed by atoms with Gasteiger partial charge in [-0.1, -0.05) is 11.8 Å². The van der Waals surface area contributed by atoms with Crippen LogP contribution in [0.5, 0.6) is 0 Å². The summed E-state index contributed by atoms with van der Waals surface area (Å²) in [5, 5.41) is -0.0641. The van der Waals surface area contributed by atoms with Crippen LogP contribution in [-0.2, 0) is 9.59 Å². The van der Waals surface area contributed by atoms with Crippen molar-refractivity contribution in [2.75, 3.05) is 6.54 Å². The molecule has 1 heterocycles. The van der Waals surface area contributed by atoms with Crippen molar-refractivity contribution in [3.8, 4) is 0 Å². The first kappa shape index (κ1) is 15.7. The van der Waals surface area contributed by atoms with Crippen LogP contribution in [-0.4, -0.2) is 39.9 Å². The van der Waals surface area contributed by atoms with Crippen LogP contribution < -0.4 is 0 Å². The highest BCUT2D eigenvalue weighted by atomic mass is 32.2. The molecule has 0 N–H and O–H groups in total. The average Bonchev–Trinajstić information content (AvgIpc) is 2.68. The maximum absolute atomic E-state index is 12.6. The Kier molecular flexibility index (Phi) is 4.66. The number of amides is 1. The number of halogens is 3. The molecule has 0 aromatic carbocycles. The highest BCUT2D eigenvalue weighted by Crippen LogP contribution is 2.40. The molecular weight excluding hydrogens is 291 g/mol.